The third-order valence-electron chi connectivity index (χ3n) is 4.02. The first-order valence-corrected chi connectivity index (χ1v) is 9.94. The van der Waals surface area contributed by atoms with E-state index in [4.69, 9.17) is 5.11 Å². The molecule has 0 amide bonds. The molecule has 1 aromatic rings. The quantitative estimate of drug-likeness (QED) is 0.626. The minimum atomic E-state index is -0.935. The summed E-state index contributed by atoms with van der Waals surface area (Å²) in [4.78, 5) is 32.6. The first-order chi connectivity index (χ1) is 11.6. The van der Waals surface area contributed by atoms with Crippen LogP contribution in [0.1, 0.15) is 25.3 Å². The Hall–Kier alpha value is -1.67. The van der Waals surface area contributed by atoms with Crippen molar-refractivity contribution in [1.82, 2.24) is 9.97 Å². The monoisotopic (exact) mass is 365 g/mol. The molecule has 128 valence electrons. The van der Waals surface area contributed by atoms with Crippen LogP contribution in [0.4, 0.5) is 5.82 Å². The number of rotatable bonds is 4. The minimum Gasteiger partial charge on any atom is -0.481 e. The third kappa shape index (κ3) is 3.54. The van der Waals surface area contributed by atoms with E-state index in [9.17, 15) is 9.59 Å². The van der Waals surface area contributed by atoms with E-state index in [0.29, 0.717) is 22.6 Å². The van der Waals surface area contributed by atoms with Gasteiger partial charge in [-0.2, -0.15) is 11.8 Å². The van der Waals surface area contributed by atoms with Crippen molar-refractivity contribution < 1.29 is 9.90 Å². The van der Waals surface area contributed by atoms with Crippen LogP contribution in [0.2, 0.25) is 0 Å². The number of aromatic amines is 1. The van der Waals surface area contributed by atoms with E-state index in [1.807, 2.05) is 30.8 Å². The lowest BCUT2D eigenvalue weighted by molar-refractivity contribution is -0.133. The van der Waals surface area contributed by atoms with E-state index >= 15 is 0 Å². The highest BCUT2D eigenvalue weighted by molar-refractivity contribution is 7.99. The van der Waals surface area contributed by atoms with Gasteiger partial charge in [0.05, 0.1) is 11.3 Å². The normalized spacial score (nSPS) is 19.5. The molecule has 1 saturated heterocycles. The fourth-order valence-electron chi connectivity index (χ4n) is 2.92. The molecule has 1 fully saturated rings. The molecule has 2 aliphatic rings. The number of aromatic nitrogens is 2. The van der Waals surface area contributed by atoms with Crippen LogP contribution in [0.3, 0.4) is 0 Å². The molecule has 0 spiro atoms. The van der Waals surface area contributed by atoms with Gasteiger partial charge in [0.15, 0.2) is 5.16 Å². The molecule has 0 radical (unpaired) electrons. The number of carbonyl (C=O) groups is 1. The maximum atomic E-state index is 12.4. The van der Waals surface area contributed by atoms with Crippen molar-refractivity contribution in [2.45, 2.75) is 31.0 Å². The number of fused-ring (bicyclic) bond motifs is 1. The molecule has 1 aromatic heterocycles. The van der Waals surface area contributed by atoms with Crippen LogP contribution in [-0.2, 0) is 4.79 Å². The highest BCUT2D eigenvalue weighted by Gasteiger charge is 2.29. The van der Waals surface area contributed by atoms with Crippen LogP contribution in [0.5, 0.6) is 0 Å². The molecular weight excluding hydrogens is 346 g/mol. The second-order valence-electron chi connectivity index (χ2n) is 5.55. The van der Waals surface area contributed by atoms with Crippen LogP contribution >= 0.6 is 23.5 Å². The van der Waals surface area contributed by atoms with Crippen LogP contribution in [-0.4, -0.2) is 44.3 Å². The summed E-state index contributed by atoms with van der Waals surface area (Å²) in [5, 5.41) is 9.19. The maximum Gasteiger partial charge on any atom is 0.313 e. The largest absolute Gasteiger partial charge is 0.481 e. The van der Waals surface area contributed by atoms with E-state index in [0.717, 1.165) is 41.8 Å². The van der Waals surface area contributed by atoms with Crippen molar-refractivity contribution in [3.63, 3.8) is 0 Å². The average Bonchev–Trinajstić information content (AvgIpc) is 2.59. The average molecular weight is 365 g/mol. The van der Waals surface area contributed by atoms with Crippen LogP contribution in [0, 0.1) is 0 Å². The number of allylic oxidation sites excluding steroid dienone is 2. The Balaban J connectivity index is 2.02. The molecule has 0 atom stereocenters. The van der Waals surface area contributed by atoms with E-state index in [2.05, 4.69) is 14.9 Å². The molecule has 0 bridgehead atoms. The van der Waals surface area contributed by atoms with Gasteiger partial charge in [-0.25, -0.2) is 4.98 Å². The molecule has 0 unspecified atom stereocenters. The van der Waals surface area contributed by atoms with E-state index in [-0.39, 0.29) is 11.3 Å². The maximum absolute atomic E-state index is 12.4. The van der Waals surface area contributed by atoms with Gasteiger partial charge in [-0.3, -0.25) is 9.59 Å². The van der Waals surface area contributed by atoms with Gasteiger partial charge in [0, 0.05) is 11.7 Å². The Morgan fingerprint density at radius 1 is 1.50 bits per heavy atom. The Labute approximate surface area is 148 Å². The molecule has 3 heterocycles. The van der Waals surface area contributed by atoms with Crippen LogP contribution in [0.25, 0.3) is 6.08 Å². The lowest BCUT2D eigenvalue weighted by Crippen LogP contribution is -2.40. The van der Waals surface area contributed by atoms with Gasteiger partial charge in [0.1, 0.15) is 5.82 Å². The zero-order chi connectivity index (χ0) is 17.1. The van der Waals surface area contributed by atoms with E-state index in [1.54, 1.807) is 6.08 Å². The number of nitrogens with zero attached hydrogens (tertiary/aromatic N) is 2. The summed E-state index contributed by atoms with van der Waals surface area (Å²) in [6.07, 6.45) is 7.85. The predicted octanol–water partition coefficient (Wildman–Crippen LogP) is 2.58. The van der Waals surface area contributed by atoms with Crippen molar-refractivity contribution in [2.24, 2.45) is 0 Å². The standard InChI is InChI=1S/C16H19N3O3S2/c1-2-10-3-4-12-14(19(10)11-5-7-23-8-6-11)17-16(18-15(12)22)24-9-13(20)21/h2-4,11H,5-9H2,1H3,(H,20,21)(H,17,18,22)/b10-2-. The van der Waals surface area contributed by atoms with Gasteiger partial charge < -0.3 is 15.0 Å². The number of anilines is 1. The molecular formula is C16H19N3O3S2. The third-order valence-corrected chi connectivity index (χ3v) is 5.93. The summed E-state index contributed by atoms with van der Waals surface area (Å²) in [6, 6.07) is 0.313. The molecule has 3 rings (SSSR count). The number of carboxylic acids is 1. The second-order valence-corrected chi connectivity index (χ2v) is 7.74. The number of hydrogen-bond donors (Lipinski definition) is 2. The lowest BCUT2D eigenvalue weighted by atomic mass is 10.0. The summed E-state index contributed by atoms with van der Waals surface area (Å²) in [5.74, 6) is 1.77. The van der Waals surface area contributed by atoms with Crippen molar-refractivity contribution in [1.29, 1.82) is 0 Å². The number of nitrogens with one attached hydrogen (secondary N) is 1. The summed E-state index contributed by atoms with van der Waals surface area (Å²) in [6.45, 7) is 1.97. The number of thioether (sulfide) groups is 2. The predicted molar refractivity (Wildman–Crippen MR) is 98.8 cm³/mol. The van der Waals surface area contributed by atoms with E-state index < -0.39 is 5.97 Å². The van der Waals surface area contributed by atoms with Gasteiger partial charge in [0.25, 0.3) is 5.56 Å². The van der Waals surface area contributed by atoms with Crippen molar-refractivity contribution in [3.05, 3.63) is 33.8 Å². The Morgan fingerprint density at radius 3 is 2.92 bits per heavy atom. The fraction of sp³-hybridized carbons (Fsp3) is 0.438. The number of carboxylic acid groups (broad SMARTS) is 1. The SMILES string of the molecule is C/C=C1/C=Cc2c(nc(SCC(=O)O)[nH]c2=O)N1C1CCSCC1. The summed E-state index contributed by atoms with van der Waals surface area (Å²) < 4.78 is 0. The smallest absolute Gasteiger partial charge is 0.313 e. The van der Waals surface area contributed by atoms with Crippen LogP contribution < -0.4 is 10.5 Å². The second kappa shape index (κ2) is 7.48. The van der Waals surface area contributed by atoms with Gasteiger partial charge in [-0.15, -0.1) is 0 Å². The molecule has 6 nitrogen and oxygen atoms in total. The molecule has 2 N–H and O–H groups in total. The van der Waals surface area contributed by atoms with Gasteiger partial charge >= 0.3 is 5.97 Å². The minimum absolute atomic E-state index is 0.131. The number of aliphatic carboxylic acids is 1. The Kier molecular flexibility index (Phi) is 5.35. The first kappa shape index (κ1) is 17.2. The first-order valence-electron chi connectivity index (χ1n) is 7.80. The molecule has 0 aromatic carbocycles. The van der Waals surface area contributed by atoms with Crippen molar-refractivity contribution in [3.8, 4) is 0 Å². The fourth-order valence-corrected chi connectivity index (χ4v) is 4.57. The summed E-state index contributed by atoms with van der Waals surface area (Å²) in [5.41, 5.74) is 1.35. The van der Waals surface area contributed by atoms with Crippen molar-refractivity contribution in [2.75, 3.05) is 22.2 Å². The lowest BCUT2D eigenvalue weighted by Gasteiger charge is -2.38. The Bertz CT molecular complexity index is 751. The summed E-state index contributed by atoms with van der Waals surface area (Å²) in [7, 11) is 0. The highest BCUT2D eigenvalue weighted by atomic mass is 32.2. The topological polar surface area (TPSA) is 86.3 Å². The molecule has 0 aliphatic carbocycles. The highest BCUT2D eigenvalue weighted by Crippen LogP contribution is 2.34. The number of H-pyrrole nitrogens is 1. The molecule has 24 heavy (non-hydrogen) atoms. The zero-order valence-corrected chi connectivity index (χ0v) is 15.0. The molecule has 0 saturated carbocycles. The Morgan fingerprint density at radius 2 is 2.25 bits per heavy atom. The number of hydrogen-bond acceptors (Lipinski definition) is 6. The van der Waals surface area contributed by atoms with Crippen LogP contribution in [0.15, 0.2) is 27.8 Å². The van der Waals surface area contributed by atoms with Gasteiger partial charge in [-0.05, 0) is 43.4 Å². The van der Waals surface area contributed by atoms with Gasteiger partial charge in [0.2, 0.25) is 0 Å². The van der Waals surface area contributed by atoms with E-state index in [1.165, 1.54) is 0 Å². The van der Waals surface area contributed by atoms with Crippen molar-refractivity contribution >= 4 is 41.4 Å². The molecule has 8 heteroatoms. The summed E-state index contributed by atoms with van der Waals surface area (Å²) >= 11 is 2.98. The molecule has 2 aliphatic heterocycles. The van der Waals surface area contributed by atoms with Gasteiger partial charge in [-0.1, -0.05) is 17.8 Å². The zero-order valence-electron chi connectivity index (χ0n) is 13.3.